The van der Waals surface area contributed by atoms with Crippen molar-refractivity contribution in [1.82, 2.24) is 0 Å². The van der Waals surface area contributed by atoms with Crippen LogP contribution in [-0.4, -0.2) is 6.17 Å². The minimum atomic E-state index is -0.502. The van der Waals surface area contributed by atoms with Crippen LogP contribution < -0.4 is 0 Å². The lowest BCUT2D eigenvalue weighted by Gasteiger charge is -2.43. The molecule has 0 aromatic heterocycles. The van der Waals surface area contributed by atoms with Crippen molar-refractivity contribution in [2.45, 2.75) is 96.6 Å². The Morgan fingerprint density at radius 2 is 1.46 bits per heavy atom. The fraction of sp³-hybridized carbons (Fsp3) is 0.913. The van der Waals surface area contributed by atoms with Crippen LogP contribution in [-0.2, 0) is 0 Å². The molecule has 0 heterocycles. The van der Waals surface area contributed by atoms with Crippen molar-refractivity contribution in [2.24, 2.45) is 35.5 Å². The van der Waals surface area contributed by atoms with E-state index in [4.69, 9.17) is 0 Å². The Morgan fingerprint density at radius 1 is 0.833 bits per heavy atom. The molecule has 24 heavy (non-hydrogen) atoms. The Hall–Kier alpha value is -0.330. The number of hydrogen-bond acceptors (Lipinski definition) is 0. The lowest BCUT2D eigenvalue weighted by molar-refractivity contribution is 0.0336. The molecule has 3 aliphatic rings. The maximum atomic E-state index is 15.0. The molecule has 0 N–H and O–H groups in total. The molecule has 0 saturated heterocycles. The zero-order valence-electron chi connectivity index (χ0n) is 15.9. The average molecular weight is 335 g/mol. The van der Waals surface area contributed by atoms with Crippen molar-refractivity contribution in [1.29, 1.82) is 0 Å². The highest BCUT2D eigenvalue weighted by atomic mass is 19.1. The normalized spacial score (nSPS) is 44.2. The smallest absolute Gasteiger partial charge is 0.103 e. The maximum Gasteiger partial charge on any atom is 0.103 e. The molecule has 0 bridgehead atoms. The monoisotopic (exact) mass is 334 g/mol. The molecule has 3 unspecified atom stereocenters. The average Bonchev–Trinajstić information content (AvgIpc) is 2.61. The van der Waals surface area contributed by atoms with Gasteiger partial charge in [-0.25, -0.2) is 4.39 Å². The molecule has 0 amide bonds. The van der Waals surface area contributed by atoms with E-state index < -0.39 is 6.17 Å². The first-order chi connectivity index (χ1) is 11.7. The standard InChI is InChI=1S/C23H39F/c1-3-4-5-18-8-12-20(13-9-18)22-15-14-21(16-23(22)24)19-10-6-17(2)7-11-19/h3,17-23H,1,4-16H2,2H3. The van der Waals surface area contributed by atoms with Gasteiger partial charge in [-0.2, -0.15) is 0 Å². The molecule has 0 nitrogen and oxygen atoms in total. The lowest BCUT2D eigenvalue weighted by atomic mass is 9.64. The third kappa shape index (κ3) is 4.64. The van der Waals surface area contributed by atoms with Crippen molar-refractivity contribution in [3.8, 4) is 0 Å². The van der Waals surface area contributed by atoms with Gasteiger partial charge in [-0.15, -0.1) is 6.58 Å². The summed E-state index contributed by atoms with van der Waals surface area (Å²) in [6.07, 6.45) is 18.2. The fourth-order valence-electron chi connectivity index (χ4n) is 6.14. The Balaban J connectivity index is 1.44. The molecule has 0 spiro atoms. The van der Waals surface area contributed by atoms with E-state index in [0.29, 0.717) is 17.8 Å². The Bertz CT molecular complexity index is 373. The minimum Gasteiger partial charge on any atom is -0.247 e. The third-order valence-electron chi connectivity index (χ3n) is 7.87. The largest absolute Gasteiger partial charge is 0.247 e. The molecule has 0 radical (unpaired) electrons. The predicted molar refractivity (Wildman–Crippen MR) is 102 cm³/mol. The van der Waals surface area contributed by atoms with Gasteiger partial charge in [0.2, 0.25) is 0 Å². The zero-order valence-corrected chi connectivity index (χ0v) is 15.9. The maximum absolute atomic E-state index is 15.0. The minimum absolute atomic E-state index is 0.393. The van der Waals surface area contributed by atoms with E-state index in [1.54, 1.807) is 0 Å². The second-order valence-electron chi connectivity index (χ2n) is 9.42. The number of hydrogen-bond donors (Lipinski definition) is 0. The van der Waals surface area contributed by atoms with Gasteiger partial charge in [0.15, 0.2) is 0 Å². The highest BCUT2D eigenvalue weighted by Gasteiger charge is 2.39. The summed E-state index contributed by atoms with van der Waals surface area (Å²) in [5, 5.41) is 0. The van der Waals surface area contributed by atoms with Crippen LogP contribution in [0.1, 0.15) is 90.4 Å². The van der Waals surface area contributed by atoms with Gasteiger partial charge in [0, 0.05) is 0 Å². The van der Waals surface area contributed by atoms with Crippen molar-refractivity contribution < 1.29 is 4.39 Å². The number of alkyl halides is 1. The van der Waals surface area contributed by atoms with Crippen molar-refractivity contribution >= 4 is 0 Å². The second-order valence-corrected chi connectivity index (χ2v) is 9.42. The van der Waals surface area contributed by atoms with Crippen LogP contribution in [0.4, 0.5) is 4.39 Å². The molecule has 0 aliphatic heterocycles. The van der Waals surface area contributed by atoms with Crippen molar-refractivity contribution in [3.63, 3.8) is 0 Å². The van der Waals surface area contributed by atoms with E-state index in [1.165, 1.54) is 70.6 Å². The summed E-state index contributed by atoms with van der Waals surface area (Å²) < 4.78 is 15.0. The summed E-state index contributed by atoms with van der Waals surface area (Å²) in [5.41, 5.74) is 0. The molecule has 0 aromatic carbocycles. The molecule has 0 aromatic rings. The Labute approximate surface area is 149 Å². The van der Waals surface area contributed by atoms with Gasteiger partial charge >= 0.3 is 0 Å². The van der Waals surface area contributed by atoms with Crippen LogP contribution in [0, 0.1) is 35.5 Å². The Kier molecular flexibility index (Phi) is 6.81. The summed E-state index contributed by atoms with van der Waals surface area (Å²) in [6, 6.07) is 0. The zero-order chi connectivity index (χ0) is 16.9. The molecule has 3 rings (SSSR count). The highest BCUT2D eigenvalue weighted by molar-refractivity contribution is 4.90. The van der Waals surface area contributed by atoms with Gasteiger partial charge < -0.3 is 0 Å². The molecule has 3 fully saturated rings. The quantitative estimate of drug-likeness (QED) is 0.461. The first-order valence-corrected chi connectivity index (χ1v) is 10.9. The van der Waals surface area contributed by atoms with Gasteiger partial charge in [0.05, 0.1) is 0 Å². The number of halogens is 1. The van der Waals surface area contributed by atoms with Crippen LogP contribution in [0.5, 0.6) is 0 Å². The van der Waals surface area contributed by atoms with Crippen LogP contribution in [0.15, 0.2) is 12.7 Å². The van der Waals surface area contributed by atoms with E-state index in [0.717, 1.165) is 30.6 Å². The number of rotatable bonds is 5. The molecule has 138 valence electrons. The molecule has 3 saturated carbocycles. The topological polar surface area (TPSA) is 0 Å². The van der Waals surface area contributed by atoms with Gasteiger partial charge in [-0.1, -0.05) is 38.7 Å². The van der Waals surface area contributed by atoms with Gasteiger partial charge in [0.1, 0.15) is 6.17 Å². The lowest BCUT2D eigenvalue weighted by Crippen LogP contribution is -2.36. The molecular formula is C23H39F. The summed E-state index contributed by atoms with van der Waals surface area (Å²) in [4.78, 5) is 0. The third-order valence-corrected chi connectivity index (χ3v) is 7.87. The summed E-state index contributed by atoms with van der Waals surface area (Å²) in [7, 11) is 0. The number of allylic oxidation sites excluding steroid dienone is 1. The van der Waals surface area contributed by atoms with Crippen molar-refractivity contribution in [3.05, 3.63) is 12.7 Å². The fourth-order valence-corrected chi connectivity index (χ4v) is 6.14. The van der Waals surface area contributed by atoms with E-state index in [-0.39, 0.29) is 0 Å². The van der Waals surface area contributed by atoms with Crippen LogP contribution in [0.2, 0.25) is 0 Å². The summed E-state index contributed by atoms with van der Waals surface area (Å²) in [5.74, 6) is 4.42. The highest BCUT2D eigenvalue weighted by Crippen LogP contribution is 2.47. The van der Waals surface area contributed by atoms with E-state index in [2.05, 4.69) is 19.6 Å². The summed E-state index contributed by atoms with van der Waals surface area (Å²) >= 11 is 0. The second kappa shape index (κ2) is 8.86. The molecule has 1 heteroatoms. The van der Waals surface area contributed by atoms with Crippen molar-refractivity contribution in [2.75, 3.05) is 0 Å². The predicted octanol–water partition coefficient (Wildman–Crippen LogP) is 7.34. The first kappa shape index (κ1) is 18.5. The molecule has 3 atom stereocenters. The first-order valence-electron chi connectivity index (χ1n) is 10.9. The van der Waals surface area contributed by atoms with Gasteiger partial charge in [0.25, 0.3) is 0 Å². The van der Waals surface area contributed by atoms with Gasteiger partial charge in [-0.05, 0) is 93.3 Å². The molecule has 3 aliphatic carbocycles. The SMILES string of the molecule is C=CCCC1CCC(C2CCC(C3CCC(C)CC3)CC2F)CC1. The van der Waals surface area contributed by atoms with Gasteiger partial charge in [-0.3, -0.25) is 0 Å². The van der Waals surface area contributed by atoms with Crippen LogP contribution >= 0.6 is 0 Å². The van der Waals surface area contributed by atoms with E-state index in [1.807, 2.05) is 0 Å². The molecular weight excluding hydrogens is 295 g/mol. The van der Waals surface area contributed by atoms with Crippen LogP contribution in [0.3, 0.4) is 0 Å². The van der Waals surface area contributed by atoms with E-state index in [9.17, 15) is 0 Å². The summed E-state index contributed by atoms with van der Waals surface area (Å²) in [6.45, 7) is 6.23. The van der Waals surface area contributed by atoms with Crippen LogP contribution in [0.25, 0.3) is 0 Å². The van der Waals surface area contributed by atoms with E-state index >= 15 is 4.39 Å². The Morgan fingerprint density at radius 3 is 2.08 bits per heavy atom.